The van der Waals surface area contributed by atoms with Crippen LogP contribution in [0.4, 0.5) is 11.5 Å². The molecule has 0 aliphatic carbocycles. The van der Waals surface area contributed by atoms with Crippen LogP contribution in [0.15, 0.2) is 77.0 Å². The predicted octanol–water partition coefficient (Wildman–Crippen LogP) is 5.51. The number of ether oxygens (including phenoxy) is 2. The molecule has 0 bridgehead atoms. The Kier molecular flexibility index (Phi) is 7.93. The van der Waals surface area contributed by atoms with Gasteiger partial charge in [0.2, 0.25) is 5.82 Å². The van der Waals surface area contributed by atoms with Crippen LogP contribution in [0.25, 0.3) is 0 Å². The van der Waals surface area contributed by atoms with Gasteiger partial charge in [-0.2, -0.15) is 5.10 Å². The van der Waals surface area contributed by atoms with Gasteiger partial charge in [0.15, 0.2) is 11.5 Å². The third-order valence-corrected chi connectivity index (χ3v) is 4.93. The second kappa shape index (κ2) is 11.1. The molecule has 2 aromatic carbocycles. The molecule has 1 N–H and O–H groups in total. The summed E-state index contributed by atoms with van der Waals surface area (Å²) in [7, 11) is 1.57. The maximum Gasteiger partial charge on any atom is 0.313 e. The van der Waals surface area contributed by atoms with Crippen molar-refractivity contribution in [1.82, 2.24) is 4.98 Å². The van der Waals surface area contributed by atoms with Crippen LogP contribution in [0.2, 0.25) is 0 Å². The number of aromatic nitrogens is 1. The highest BCUT2D eigenvalue weighted by atomic mass is 79.9. The van der Waals surface area contributed by atoms with Crippen molar-refractivity contribution in [1.29, 1.82) is 0 Å². The molecule has 1 heterocycles. The van der Waals surface area contributed by atoms with Crippen molar-refractivity contribution in [3.8, 4) is 11.5 Å². The molecule has 3 aromatic rings. The molecule has 0 aliphatic heterocycles. The van der Waals surface area contributed by atoms with Gasteiger partial charge in [-0.1, -0.05) is 34.1 Å². The van der Waals surface area contributed by atoms with E-state index < -0.39 is 4.92 Å². The van der Waals surface area contributed by atoms with Gasteiger partial charge < -0.3 is 9.47 Å². The minimum Gasteiger partial charge on any atom is -0.493 e. The number of nitro groups is 1. The van der Waals surface area contributed by atoms with Crippen LogP contribution in [0.3, 0.4) is 0 Å². The lowest BCUT2D eigenvalue weighted by Gasteiger charge is -2.16. The Hall–Kier alpha value is -3.72. The number of methoxy groups -OCH3 is 1. The van der Waals surface area contributed by atoms with E-state index in [1.54, 1.807) is 19.3 Å². The second-order valence-electron chi connectivity index (χ2n) is 6.62. The van der Waals surface area contributed by atoms with Crippen molar-refractivity contribution in [3.05, 3.63) is 98.7 Å². The van der Waals surface area contributed by atoms with Crippen LogP contribution in [0.1, 0.15) is 16.7 Å². The summed E-state index contributed by atoms with van der Waals surface area (Å²) in [4.78, 5) is 14.5. The first-order valence-electron chi connectivity index (χ1n) is 9.59. The van der Waals surface area contributed by atoms with Crippen LogP contribution < -0.4 is 14.9 Å². The Morgan fingerprint density at radius 1 is 1.28 bits per heavy atom. The van der Waals surface area contributed by atoms with Gasteiger partial charge >= 0.3 is 5.69 Å². The SMILES string of the molecule is C=CCc1cc(/C=N\Nc2ncccc2[N+](=O)[O-])cc(OC)c1OCc1ccc(Br)cc1. The van der Waals surface area contributed by atoms with E-state index in [4.69, 9.17) is 9.47 Å². The van der Waals surface area contributed by atoms with Crippen LogP contribution >= 0.6 is 15.9 Å². The van der Waals surface area contributed by atoms with Gasteiger partial charge in [-0.25, -0.2) is 4.98 Å². The lowest BCUT2D eigenvalue weighted by atomic mass is 10.1. The topological polar surface area (TPSA) is 98.9 Å². The third kappa shape index (κ3) is 5.92. The third-order valence-electron chi connectivity index (χ3n) is 4.40. The Bertz CT molecular complexity index is 1130. The fourth-order valence-electron chi connectivity index (χ4n) is 2.92. The van der Waals surface area contributed by atoms with E-state index in [0.717, 1.165) is 21.2 Å². The molecule has 32 heavy (non-hydrogen) atoms. The molecular formula is C23H21BrN4O4. The molecule has 0 spiro atoms. The van der Waals surface area contributed by atoms with E-state index in [9.17, 15) is 10.1 Å². The number of hydrogen-bond acceptors (Lipinski definition) is 7. The quantitative estimate of drug-likeness (QED) is 0.172. The van der Waals surface area contributed by atoms with Crippen LogP contribution in [0, 0.1) is 10.1 Å². The molecule has 0 fully saturated rings. The first-order chi connectivity index (χ1) is 15.5. The Morgan fingerprint density at radius 2 is 2.06 bits per heavy atom. The summed E-state index contributed by atoms with van der Waals surface area (Å²) >= 11 is 3.42. The molecule has 0 unspecified atom stereocenters. The van der Waals surface area contributed by atoms with Crippen LogP contribution in [-0.2, 0) is 13.0 Å². The van der Waals surface area contributed by atoms with Gasteiger partial charge in [0, 0.05) is 22.3 Å². The Balaban J connectivity index is 1.82. The second-order valence-corrected chi connectivity index (χ2v) is 7.53. The highest BCUT2D eigenvalue weighted by molar-refractivity contribution is 9.10. The van der Waals surface area contributed by atoms with E-state index >= 15 is 0 Å². The normalized spacial score (nSPS) is 10.7. The number of benzene rings is 2. The minimum absolute atomic E-state index is 0.0569. The zero-order valence-corrected chi connectivity index (χ0v) is 18.9. The number of hydrogen-bond donors (Lipinski definition) is 1. The van der Waals surface area contributed by atoms with Crippen molar-refractivity contribution < 1.29 is 14.4 Å². The minimum atomic E-state index is -0.520. The van der Waals surface area contributed by atoms with Gasteiger partial charge in [0.1, 0.15) is 6.61 Å². The predicted molar refractivity (Wildman–Crippen MR) is 127 cm³/mol. The first-order valence-corrected chi connectivity index (χ1v) is 10.4. The lowest BCUT2D eigenvalue weighted by Crippen LogP contribution is -2.03. The summed E-state index contributed by atoms with van der Waals surface area (Å²) < 4.78 is 12.6. The van der Waals surface area contributed by atoms with E-state index in [1.165, 1.54) is 24.5 Å². The average molecular weight is 497 g/mol. The van der Waals surface area contributed by atoms with Crippen LogP contribution in [0.5, 0.6) is 11.5 Å². The number of pyridine rings is 1. The van der Waals surface area contributed by atoms with E-state index in [1.807, 2.05) is 30.3 Å². The molecular weight excluding hydrogens is 476 g/mol. The molecule has 9 heteroatoms. The van der Waals surface area contributed by atoms with Crippen LogP contribution in [-0.4, -0.2) is 23.2 Å². The van der Waals surface area contributed by atoms with Crippen molar-refractivity contribution in [3.63, 3.8) is 0 Å². The zero-order chi connectivity index (χ0) is 22.9. The lowest BCUT2D eigenvalue weighted by molar-refractivity contribution is -0.384. The number of nitrogens with one attached hydrogen (secondary N) is 1. The number of allylic oxidation sites excluding steroid dienone is 1. The molecule has 0 saturated carbocycles. The zero-order valence-electron chi connectivity index (χ0n) is 17.3. The van der Waals surface area contributed by atoms with E-state index in [-0.39, 0.29) is 11.5 Å². The van der Waals surface area contributed by atoms with Crippen molar-refractivity contribution >= 4 is 33.6 Å². The summed E-state index contributed by atoms with van der Waals surface area (Å²) in [5, 5.41) is 15.2. The van der Waals surface area contributed by atoms with Gasteiger partial charge in [-0.15, -0.1) is 6.58 Å². The molecule has 0 aliphatic rings. The standard InChI is InChI=1S/C23H21BrN4O4/c1-3-5-18-12-17(14-26-27-23-20(28(29)30)6-4-11-25-23)13-21(31-2)22(18)32-15-16-7-9-19(24)10-8-16/h3-4,6-14H,1,5,15H2,2H3,(H,25,27)/b26-14-. The van der Waals surface area contributed by atoms with Crippen molar-refractivity contribution in [2.45, 2.75) is 13.0 Å². The molecule has 0 atom stereocenters. The number of rotatable bonds is 10. The average Bonchev–Trinajstić information content (AvgIpc) is 2.79. The highest BCUT2D eigenvalue weighted by Gasteiger charge is 2.14. The smallest absolute Gasteiger partial charge is 0.313 e. The first kappa shape index (κ1) is 23.0. The van der Waals surface area contributed by atoms with E-state index in [2.05, 4.69) is 38.0 Å². The number of halogens is 1. The molecule has 0 radical (unpaired) electrons. The number of anilines is 1. The van der Waals surface area contributed by atoms with Gasteiger partial charge in [-0.05, 0) is 47.9 Å². The molecule has 1 aromatic heterocycles. The van der Waals surface area contributed by atoms with Gasteiger partial charge in [0.25, 0.3) is 0 Å². The monoisotopic (exact) mass is 496 g/mol. The van der Waals surface area contributed by atoms with E-state index in [0.29, 0.717) is 24.5 Å². The number of hydrazone groups is 1. The highest BCUT2D eigenvalue weighted by Crippen LogP contribution is 2.34. The Labute approximate surface area is 193 Å². The number of nitrogens with zero attached hydrogens (tertiary/aromatic N) is 3. The maximum absolute atomic E-state index is 11.1. The summed E-state index contributed by atoms with van der Waals surface area (Å²) in [5.74, 6) is 1.23. The van der Waals surface area contributed by atoms with Crippen molar-refractivity contribution in [2.24, 2.45) is 5.10 Å². The summed E-state index contributed by atoms with van der Waals surface area (Å²) in [5.41, 5.74) is 5.08. The summed E-state index contributed by atoms with van der Waals surface area (Å²) in [6.45, 7) is 4.20. The summed E-state index contributed by atoms with van der Waals surface area (Å²) in [6, 6.07) is 14.4. The molecule has 0 saturated heterocycles. The van der Waals surface area contributed by atoms with Gasteiger partial charge in [0.05, 0.1) is 18.2 Å². The Morgan fingerprint density at radius 3 is 2.75 bits per heavy atom. The fourth-order valence-corrected chi connectivity index (χ4v) is 3.18. The largest absolute Gasteiger partial charge is 0.493 e. The molecule has 8 nitrogen and oxygen atoms in total. The summed E-state index contributed by atoms with van der Waals surface area (Å²) in [6.07, 6.45) is 5.32. The fraction of sp³-hybridized carbons (Fsp3) is 0.130. The molecule has 3 rings (SSSR count). The van der Waals surface area contributed by atoms with Crippen molar-refractivity contribution in [2.75, 3.05) is 12.5 Å². The molecule has 164 valence electrons. The molecule has 0 amide bonds. The van der Waals surface area contributed by atoms with Gasteiger partial charge in [-0.3, -0.25) is 15.5 Å². The maximum atomic E-state index is 11.1.